The second-order valence-electron chi connectivity index (χ2n) is 3.93. The normalized spacial score (nSPS) is 13.1. The van der Waals surface area contributed by atoms with Crippen LogP contribution in [0.1, 0.15) is 33.1 Å². The van der Waals surface area contributed by atoms with E-state index in [4.69, 9.17) is 0 Å². The molecule has 0 aliphatic rings. The van der Waals surface area contributed by atoms with E-state index in [0.29, 0.717) is 5.75 Å². The maximum atomic E-state index is 10.9. The molecule has 0 saturated heterocycles. The molecular formula is C11H23NO2S. The van der Waals surface area contributed by atoms with Gasteiger partial charge in [-0.05, 0) is 39.3 Å². The molecule has 0 radical (unpaired) electrons. The Bertz CT molecular complexity index is 281. The fraction of sp³-hybridized carbons (Fsp3) is 0.818. The second-order valence-corrected chi connectivity index (χ2v) is 6.19. The summed E-state index contributed by atoms with van der Waals surface area (Å²) in [5.74, 6) is 0.297. The Labute approximate surface area is 93.9 Å². The van der Waals surface area contributed by atoms with Crippen LogP contribution in [0.25, 0.3) is 0 Å². The highest BCUT2D eigenvalue weighted by Gasteiger charge is 2.01. The number of sulfone groups is 1. The molecule has 0 saturated carbocycles. The van der Waals surface area contributed by atoms with E-state index in [1.165, 1.54) is 11.8 Å². The highest BCUT2D eigenvalue weighted by molar-refractivity contribution is 7.90. The Balaban J connectivity index is 3.60. The summed E-state index contributed by atoms with van der Waals surface area (Å²) in [6, 6.07) is 0. The molecule has 1 N–H and O–H groups in total. The summed E-state index contributed by atoms with van der Waals surface area (Å²) in [5.41, 5.74) is 1.29. The van der Waals surface area contributed by atoms with Crippen LogP contribution < -0.4 is 5.32 Å². The maximum absolute atomic E-state index is 10.9. The van der Waals surface area contributed by atoms with Crippen LogP contribution in [-0.2, 0) is 9.84 Å². The van der Waals surface area contributed by atoms with Gasteiger partial charge in [0, 0.05) is 6.26 Å². The molecule has 0 fully saturated rings. The molecule has 0 atom stereocenters. The average molecular weight is 233 g/mol. The molecule has 15 heavy (non-hydrogen) atoms. The molecule has 0 amide bonds. The van der Waals surface area contributed by atoms with Gasteiger partial charge in [0.2, 0.25) is 0 Å². The lowest BCUT2D eigenvalue weighted by atomic mass is 10.1. The summed E-state index contributed by atoms with van der Waals surface area (Å²) in [5, 5.41) is 3.24. The van der Waals surface area contributed by atoms with Crippen LogP contribution in [0.3, 0.4) is 0 Å². The predicted molar refractivity (Wildman–Crippen MR) is 65.9 cm³/mol. The van der Waals surface area contributed by atoms with Crippen LogP contribution in [0, 0.1) is 0 Å². The minimum Gasteiger partial charge on any atom is -0.317 e. The van der Waals surface area contributed by atoms with Gasteiger partial charge in [-0.15, -0.1) is 0 Å². The van der Waals surface area contributed by atoms with Gasteiger partial charge in [0.25, 0.3) is 0 Å². The summed E-state index contributed by atoms with van der Waals surface area (Å²) < 4.78 is 21.8. The molecule has 0 unspecified atom stereocenters. The van der Waals surface area contributed by atoms with Crippen molar-refractivity contribution in [2.75, 3.05) is 25.1 Å². The van der Waals surface area contributed by atoms with Crippen molar-refractivity contribution in [2.24, 2.45) is 0 Å². The third kappa shape index (κ3) is 11.6. The highest BCUT2D eigenvalue weighted by atomic mass is 32.2. The monoisotopic (exact) mass is 233 g/mol. The van der Waals surface area contributed by atoms with Gasteiger partial charge < -0.3 is 5.32 Å². The van der Waals surface area contributed by atoms with E-state index in [2.05, 4.69) is 25.2 Å². The molecular weight excluding hydrogens is 210 g/mol. The van der Waals surface area contributed by atoms with Crippen LogP contribution in [0.15, 0.2) is 11.6 Å². The van der Waals surface area contributed by atoms with E-state index >= 15 is 0 Å². The molecule has 0 heterocycles. The number of hydrogen-bond donors (Lipinski definition) is 1. The standard InChI is InChI=1S/C11H23NO2S/c1-4-12-9-5-7-11(2)8-6-10-15(3,13)14/h7,12H,4-6,8-10H2,1-3H3. The van der Waals surface area contributed by atoms with Gasteiger partial charge in [-0.25, -0.2) is 8.42 Å². The minimum atomic E-state index is -2.79. The first-order valence-electron chi connectivity index (χ1n) is 5.49. The summed E-state index contributed by atoms with van der Waals surface area (Å²) in [6.07, 6.45) is 6.13. The summed E-state index contributed by atoms with van der Waals surface area (Å²) in [6.45, 7) is 6.15. The molecule has 0 aliphatic carbocycles. The highest BCUT2D eigenvalue weighted by Crippen LogP contribution is 2.06. The van der Waals surface area contributed by atoms with Crippen molar-refractivity contribution in [3.8, 4) is 0 Å². The van der Waals surface area contributed by atoms with E-state index < -0.39 is 9.84 Å². The fourth-order valence-corrected chi connectivity index (χ4v) is 1.98. The Hall–Kier alpha value is -0.350. The van der Waals surface area contributed by atoms with E-state index in [0.717, 1.165) is 32.4 Å². The first-order valence-corrected chi connectivity index (χ1v) is 7.56. The van der Waals surface area contributed by atoms with Gasteiger partial charge in [-0.3, -0.25) is 0 Å². The molecule has 0 aromatic heterocycles. The van der Waals surface area contributed by atoms with E-state index in [-0.39, 0.29) is 0 Å². The zero-order chi connectivity index (χ0) is 11.7. The molecule has 3 nitrogen and oxygen atoms in total. The van der Waals surface area contributed by atoms with Crippen molar-refractivity contribution >= 4 is 9.84 Å². The Morgan fingerprint density at radius 2 is 2.07 bits per heavy atom. The van der Waals surface area contributed by atoms with Crippen LogP contribution >= 0.6 is 0 Å². The van der Waals surface area contributed by atoms with Crippen molar-refractivity contribution in [3.63, 3.8) is 0 Å². The quantitative estimate of drug-likeness (QED) is 0.513. The molecule has 4 heteroatoms. The third-order valence-electron chi connectivity index (χ3n) is 2.15. The maximum Gasteiger partial charge on any atom is 0.147 e. The third-order valence-corrected chi connectivity index (χ3v) is 3.18. The van der Waals surface area contributed by atoms with Crippen LogP contribution in [0.2, 0.25) is 0 Å². The van der Waals surface area contributed by atoms with Gasteiger partial charge in [-0.1, -0.05) is 18.6 Å². The smallest absolute Gasteiger partial charge is 0.147 e. The Morgan fingerprint density at radius 1 is 1.40 bits per heavy atom. The van der Waals surface area contributed by atoms with E-state index in [1.54, 1.807) is 0 Å². The SMILES string of the molecule is CCNCCC=C(C)CCCS(C)(=O)=O. The van der Waals surface area contributed by atoms with Gasteiger partial charge in [0.15, 0.2) is 0 Å². The Morgan fingerprint density at radius 3 is 2.60 bits per heavy atom. The lowest BCUT2D eigenvalue weighted by Crippen LogP contribution is -2.13. The van der Waals surface area contributed by atoms with E-state index in [9.17, 15) is 8.42 Å². The molecule has 90 valence electrons. The van der Waals surface area contributed by atoms with Crippen LogP contribution in [0.4, 0.5) is 0 Å². The number of rotatable bonds is 8. The zero-order valence-corrected chi connectivity index (χ0v) is 10.9. The van der Waals surface area contributed by atoms with Gasteiger partial charge in [0.05, 0.1) is 5.75 Å². The number of allylic oxidation sites excluding steroid dienone is 1. The second kappa shape index (κ2) is 7.88. The molecule has 0 spiro atoms. The van der Waals surface area contributed by atoms with Crippen molar-refractivity contribution in [2.45, 2.75) is 33.1 Å². The zero-order valence-electron chi connectivity index (χ0n) is 10.0. The summed E-state index contributed by atoms with van der Waals surface area (Å²) in [7, 11) is -2.79. The van der Waals surface area contributed by atoms with Gasteiger partial charge >= 0.3 is 0 Å². The topological polar surface area (TPSA) is 46.2 Å². The predicted octanol–water partition coefficient (Wildman–Crippen LogP) is 1.76. The first-order chi connectivity index (χ1) is 6.95. The number of nitrogens with one attached hydrogen (secondary N) is 1. The van der Waals surface area contributed by atoms with Crippen LogP contribution in [0.5, 0.6) is 0 Å². The first kappa shape index (κ1) is 14.6. The summed E-state index contributed by atoms with van der Waals surface area (Å²) >= 11 is 0. The van der Waals surface area contributed by atoms with Crippen molar-refractivity contribution in [1.29, 1.82) is 0 Å². The largest absolute Gasteiger partial charge is 0.317 e. The Kier molecular flexibility index (Phi) is 7.70. The van der Waals surface area contributed by atoms with E-state index in [1.807, 2.05) is 0 Å². The summed E-state index contributed by atoms with van der Waals surface area (Å²) in [4.78, 5) is 0. The molecule has 0 aromatic rings. The van der Waals surface area contributed by atoms with Gasteiger partial charge in [0.1, 0.15) is 9.84 Å². The minimum absolute atomic E-state index is 0.297. The fourth-order valence-electron chi connectivity index (χ4n) is 1.31. The lowest BCUT2D eigenvalue weighted by Gasteiger charge is -2.01. The van der Waals surface area contributed by atoms with Crippen molar-refractivity contribution in [1.82, 2.24) is 5.32 Å². The molecule has 0 aliphatic heterocycles. The van der Waals surface area contributed by atoms with Crippen molar-refractivity contribution in [3.05, 3.63) is 11.6 Å². The molecule has 0 bridgehead atoms. The number of hydrogen-bond acceptors (Lipinski definition) is 3. The van der Waals surface area contributed by atoms with Crippen LogP contribution in [-0.4, -0.2) is 33.5 Å². The molecule has 0 rings (SSSR count). The average Bonchev–Trinajstić information content (AvgIpc) is 2.10. The van der Waals surface area contributed by atoms with Crippen molar-refractivity contribution < 1.29 is 8.42 Å². The lowest BCUT2D eigenvalue weighted by molar-refractivity contribution is 0.599. The molecule has 0 aromatic carbocycles. The van der Waals surface area contributed by atoms with Gasteiger partial charge in [-0.2, -0.15) is 0 Å².